The number of nitrogens with zero attached hydrogens (tertiary/aromatic N) is 4. The Morgan fingerprint density at radius 1 is 1.21 bits per heavy atom. The highest BCUT2D eigenvalue weighted by atomic mass is 32.1. The summed E-state index contributed by atoms with van der Waals surface area (Å²) in [6, 6.07) is 8.31. The first-order valence-electron chi connectivity index (χ1n) is 12.7. The van der Waals surface area contributed by atoms with Gasteiger partial charge in [-0.3, -0.25) is 15.0 Å². The molecule has 9 nitrogen and oxygen atoms in total. The van der Waals surface area contributed by atoms with Gasteiger partial charge >= 0.3 is 6.09 Å². The van der Waals surface area contributed by atoms with E-state index in [0.717, 1.165) is 48.5 Å². The topological polar surface area (TPSA) is 99.9 Å². The standard InChI is InChI=1S/C26H31F2N5O4S/c1-15-11-31(12-16(2)37-15)13-17-5-6-20-19(10-17)29-25(30-24(34)22-8-7-21(38-22)23(27)28)33(20)14-18-4-3-9-32(18)26(35)36/h5-8,10,15-16,18,23H,3-4,9,11-14H2,1-2H3,(H,35,36)(H,29,30,34)/t15?,16?,18-/m1/s1. The van der Waals surface area contributed by atoms with Gasteiger partial charge < -0.3 is 19.3 Å². The number of hydrogen-bond acceptors (Lipinski definition) is 6. The van der Waals surface area contributed by atoms with Crippen LogP contribution in [0.15, 0.2) is 30.3 Å². The molecular weight excluding hydrogens is 516 g/mol. The van der Waals surface area contributed by atoms with Crippen LogP contribution >= 0.6 is 11.3 Å². The second-order valence-electron chi connectivity index (χ2n) is 10.0. The van der Waals surface area contributed by atoms with E-state index in [1.54, 1.807) is 0 Å². The van der Waals surface area contributed by atoms with Crippen LogP contribution in [0, 0.1) is 0 Å². The Balaban J connectivity index is 1.44. The summed E-state index contributed by atoms with van der Waals surface area (Å²) in [6.07, 6.45) is -1.86. The van der Waals surface area contributed by atoms with Crippen LogP contribution in [-0.2, 0) is 17.8 Å². The number of rotatable bonds is 7. The summed E-state index contributed by atoms with van der Waals surface area (Å²) in [6.45, 7) is 7.28. The van der Waals surface area contributed by atoms with Crippen molar-refractivity contribution in [2.45, 2.75) is 64.5 Å². The second kappa shape index (κ2) is 11.0. The van der Waals surface area contributed by atoms with Gasteiger partial charge in [0.05, 0.1) is 39.0 Å². The number of carbonyl (C=O) groups excluding carboxylic acids is 1. The summed E-state index contributed by atoms with van der Waals surface area (Å²) in [4.78, 5) is 33.1. The van der Waals surface area contributed by atoms with Gasteiger partial charge in [0.15, 0.2) is 0 Å². The number of nitrogens with one attached hydrogen (secondary N) is 1. The van der Waals surface area contributed by atoms with Crippen molar-refractivity contribution < 1.29 is 28.2 Å². The smallest absolute Gasteiger partial charge is 0.407 e. The summed E-state index contributed by atoms with van der Waals surface area (Å²) in [5.41, 5.74) is 2.50. The largest absolute Gasteiger partial charge is 0.465 e. The molecule has 0 spiro atoms. The third kappa shape index (κ3) is 5.67. The molecule has 2 fully saturated rings. The molecule has 0 radical (unpaired) electrons. The molecule has 0 aliphatic carbocycles. The van der Waals surface area contributed by atoms with Crippen molar-refractivity contribution in [2.24, 2.45) is 0 Å². The van der Waals surface area contributed by atoms with Crippen molar-refractivity contribution in [3.8, 4) is 0 Å². The number of carboxylic acid groups (broad SMARTS) is 1. The third-order valence-electron chi connectivity index (χ3n) is 7.02. The number of thiophene rings is 1. The van der Waals surface area contributed by atoms with Crippen LogP contribution < -0.4 is 5.32 Å². The minimum Gasteiger partial charge on any atom is -0.465 e. The minimum atomic E-state index is -2.65. The quantitative estimate of drug-likeness (QED) is 0.430. The molecule has 0 bridgehead atoms. The van der Waals surface area contributed by atoms with Crippen molar-refractivity contribution in [1.29, 1.82) is 0 Å². The first-order chi connectivity index (χ1) is 18.2. The van der Waals surface area contributed by atoms with E-state index < -0.39 is 18.4 Å². The van der Waals surface area contributed by atoms with E-state index in [1.165, 1.54) is 17.0 Å². The van der Waals surface area contributed by atoms with Gasteiger partial charge in [0, 0.05) is 32.7 Å². The lowest BCUT2D eigenvalue weighted by atomic mass is 10.1. The molecule has 5 rings (SSSR count). The normalized spacial score (nSPS) is 22.4. The number of hydrogen-bond donors (Lipinski definition) is 2. The SMILES string of the molecule is CC1CN(Cc2ccc3c(c2)nc(NC(=O)c2ccc(C(F)F)s2)n3C[C@H]2CCCN2C(=O)O)CC(C)O1. The van der Waals surface area contributed by atoms with Gasteiger partial charge in [0.1, 0.15) is 0 Å². The molecule has 2 amide bonds. The lowest BCUT2D eigenvalue weighted by Crippen LogP contribution is -2.44. The summed E-state index contributed by atoms with van der Waals surface area (Å²) >= 11 is 0.740. The number of fused-ring (bicyclic) bond motifs is 1. The number of imidazole rings is 1. The maximum Gasteiger partial charge on any atom is 0.407 e. The summed E-state index contributed by atoms with van der Waals surface area (Å²) < 4.78 is 33.8. The number of morpholine rings is 1. The average Bonchev–Trinajstić information content (AvgIpc) is 3.58. The van der Waals surface area contributed by atoms with Crippen molar-refractivity contribution in [3.05, 3.63) is 45.6 Å². The Kier molecular flexibility index (Phi) is 7.64. The maximum absolute atomic E-state index is 13.1. The zero-order valence-electron chi connectivity index (χ0n) is 21.3. The van der Waals surface area contributed by atoms with Gasteiger partial charge in [-0.25, -0.2) is 18.6 Å². The molecular formula is C26H31F2N5O4S. The summed E-state index contributed by atoms with van der Waals surface area (Å²) in [5, 5.41) is 12.4. The highest BCUT2D eigenvalue weighted by molar-refractivity contribution is 7.14. The number of ether oxygens (including phenoxy) is 1. The molecule has 2 aliphatic heterocycles. The predicted octanol–water partition coefficient (Wildman–Crippen LogP) is 5.04. The van der Waals surface area contributed by atoms with Gasteiger partial charge in [0.2, 0.25) is 5.95 Å². The molecule has 2 N–H and O–H groups in total. The highest BCUT2D eigenvalue weighted by Crippen LogP contribution is 2.30. The summed E-state index contributed by atoms with van der Waals surface area (Å²) in [5.74, 6) is -0.267. The van der Waals surface area contributed by atoms with Gasteiger partial charge in [-0.05, 0) is 56.5 Å². The average molecular weight is 548 g/mol. The van der Waals surface area contributed by atoms with E-state index in [-0.39, 0.29) is 34.0 Å². The Labute approximate surface area is 223 Å². The van der Waals surface area contributed by atoms with Crippen LogP contribution in [0.4, 0.5) is 19.5 Å². The van der Waals surface area contributed by atoms with E-state index in [1.807, 2.05) is 22.8 Å². The second-order valence-corrected chi connectivity index (χ2v) is 11.2. The van der Waals surface area contributed by atoms with Crippen LogP contribution in [0.1, 0.15) is 53.2 Å². The lowest BCUT2D eigenvalue weighted by molar-refractivity contribution is -0.0704. The first kappa shape index (κ1) is 26.5. The van der Waals surface area contributed by atoms with Crippen LogP contribution in [0.2, 0.25) is 0 Å². The van der Waals surface area contributed by atoms with Crippen LogP contribution in [-0.4, -0.2) is 74.3 Å². The van der Waals surface area contributed by atoms with Crippen molar-refractivity contribution >= 4 is 40.3 Å². The van der Waals surface area contributed by atoms with Crippen molar-refractivity contribution in [3.63, 3.8) is 0 Å². The zero-order chi connectivity index (χ0) is 27.0. The fourth-order valence-electron chi connectivity index (χ4n) is 5.47. The van der Waals surface area contributed by atoms with Gasteiger partial charge in [-0.1, -0.05) is 6.07 Å². The van der Waals surface area contributed by atoms with Crippen LogP contribution in [0.3, 0.4) is 0 Å². The third-order valence-corrected chi connectivity index (χ3v) is 8.11. The minimum absolute atomic E-state index is 0.148. The van der Waals surface area contributed by atoms with Gasteiger partial charge in [-0.2, -0.15) is 0 Å². The number of benzene rings is 1. The van der Waals surface area contributed by atoms with E-state index >= 15 is 0 Å². The molecule has 2 saturated heterocycles. The van der Waals surface area contributed by atoms with Crippen molar-refractivity contribution in [1.82, 2.24) is 19.4 Å². The zero-order valence-corrected chi connectivity index (χ0v) is 22.1. The number of alkyl halides is 2. The van der Waals surface area contributed by atoms with Gasteiger partial charge in [-0.15, -0.1) is 11.3 Å². The van der Waals surface area contributed by atoms with E-state index in [9.17, 15) is 23.5 Å². The number of anilines is 1. The number of halogens is 2. The number of amides is 2. The van der Waals surface area contributed by atoms with E-state index in [4.69, 9.17) is 9.72 Å². The van der Waals surface area contributed by atoms with E-state index in [0.29, 0.717) is 25.0 Å². The molecule has 1 aromatic carbocycles. The molecule has 4 heterocycles. The molecule has 2 aliphatic rings. The molecule has 3 atom stereocenters. The predicted molar refractivity (Wildman–Crippen MR) is 140 cm³/mol. The highest BCUT2D eigenvalue weighted by Gasteiger charge is 2.30. The Morgan fingerprint density at radius 2 is 1.97 bits per heavy atom. The molecule has 2 aromatic heterocycles. The summed E-state index contributed by atoms with van der Waals surface area (Å²) in [7, 11) is 0. The molecule has 204 valence electrons. The fraction of sp³-hybridized carbons (Fsp3) is 0.500. The fourth-order valence-corrected chi connectivity index (χ4v) is 6.23. The monoisotopic (exact) mass is 547 g/mol. The Morgan fingerprint density at radius 3 is 2.66 bits per heavy atom. The van der Waals surface area contributed by atoms with Crippen LogP contribution in [0.5, 0.6) is 0 Å². The first-order valence-corrected chi connectivity index (χ1v) is 13.6. The maximum atomic E-state index is 13.1. The van der Waals surface area contributed by atoms with Gasteiger partial charge in [0.25, 0.3) is 12.3 Å². The molecule has 0 saturated carbocycles. The number of carbonyl (C=O) groups is 2. The number of likely N-dealkylation sites (tertiary alicyclic amines) is 1. The Hall–Kier alpha value is -3.09. The van der Waals surface area contributed by atoms with Crippen LogP contribution in [0.25, 0.3) is 11.0 Å². The number of aromatic nitrogens is 2. The Bertz CT molecular complexity index is 1320. The van der Waals surface area contributed by atoms with E-state index in [2.05, 4.69) is 24.1 Å². The lowest BCUT2D eigenvalue weighted by Gasteiger charge is -2.35. The molecule has 3 aromatic rings. The molecule has 12 heteroatoms. The van der Waals surface area contributed by atoms with Crippen molar-refractivity contribution in [2.75, 3.05) is 25.0 Å². The molecule has 38 heavy (non-hydrogen) atoms. The molecule has 2 unspecified atom stereocenters.